The van der Waals surface area contributed by atoms with Crippen LogP contribution in [-0.4, -0.2) is 6.67 Å². The predicted octanol–water partition coefficient (Wildman–Crippen LogP) is 5.58. The molecule has 0 aromatic heterocycles. The van der Waals surface area contributed by atoms with E-state index in [2.05, 4.69) is 22.6 Å². The number of halogens is 4. The first kappa shape index (κ1) is 14.3. The van der Waals surface area contributed by atoms with Crippen molar-refractivity contribution in [2.75, 3.05) is 6.67 Å². The van der Waals surface area contributed by atoms with E-state index in [1.54, 1.807) is 4.08 Å². The van der Waals surface area contributed by atoms with E-state index in [9.17, 15) is 7.25 Å². The van der Waals surface area contributed by atoms with Crippen molar-refractivity contribution in [3.05, 3.63) is 41.1 Å². The molecule has 0 heterocycles. The Bertz CT molecular complexity index is 347. The van der Waals surface area contributed by atoms with Crippen LogP contribution < -0.4 is 0 Å². The van der Waals surface area contributed by atoms with Crippen molar-refractivity contribution >= 4 is 43.0 Å². The van der Waals surface area contributed by atoms with Crippen molar-refractivity contribution in [2.24, 2.45) is 0 Å². The Morgan fingerprint density at radius 2 is 2.00 bits per heavy atom. The summed E-state index contributed by atoms with van der Waals surface area (Å²) in [6.45, 7) is 1.66. The molecule has 0 bridgehead atoms. The Balaban J connectivity index is 2.63. The van der Waals surface area contributed by atoms with Crippen molar-refractivity contribution < 1.29 is 7.25 Å². The van der Waals surface area contributed by atoms with Crippen molar-refractivity contribution in [1.82, 2.24) is 0 Å². The van der Waals surface area contributed by atoms with E-state index in [0.29, 0.717) is 12.8 Å². The first-order chi connectivity index (χ1) is 7.63. The Morgan fingerprint density at radius 1 is 1.38 bits per heavy atom. The average Bonchev–Trinajstić information content (AvgIpc) is 2.27. The standard InChI is InChI=1S/C12H14F2I2/c1-10-4-6-12(7-5-10)16(14)9-11(15)3-2-8-13/h4-7,9H,2-3,8H2,1H3/b11-9+. The summed E-state index contributed by atoms with van der Waals surface area (Å²) in [4.78, 5) is 0. The molecule has 16 heavy (non-hydrogen) atoms. The molecule has 0 spiro atoms. The van der Waals surface area contributed by atoms with E-state index in [1.165, 1.54) is 0 Å². The molecule has 1 aromatic carbocycles. The average molecular weight is 450 g/mol. The van der Waals surface area contributed by atoms with Gasteiger partial charge < -0.3 is 0 Å². The van der Waals surface area contributed by atoms with Gasteiger partial charge in [0.2, 0.25) is 0 Å². The van der Waals surface area contributed by atoms with Crippen LogP contribution in [0, 0.1) is 10.5 Å². The topological polar surface area (TPSA) is 0 Å². The van der Waals surface area contributed by atoms with Crippen LogP contribution in [0.2, 0.25) is 0 Å². The fraction of sp³-hybridized carbons (Fsp3) is 0.333. The van der Waals surface area contributed by atoms with Gasteiger partial charge in [-0.05, 0) is 0 Å². The maximum atomic E-state index is 13.9. The van der Waals surface area contributed by atoms with Gasteiger partial charge in [0.25, 0.3) is 0 Å². The second kappa shape index (κ2) is 7.58. The Morgan fingerprint density at radius 3 is 2.56 bits per heavy atom. The minimum atomic E-state index is -2.65. The zero-order valence-electron chi connectivity index (χ0n) is 9.02. The predicted molar refractivity (Wildman–Crippen MR) is 82.3 cm³/mol. The number of aryl methyl sites for hydroxylation is 1. The quantitative estimate of drug-likeness (QED) is 0.514. The third-order valence-corrected chi connectivity index (χ3v) is 7.23. The summed E-state index contributed by atoms with van der Waals surface area (Å²) < 4.78 is 29.3. The number of hydrogen-bond acceptors (Lipinski definition) is 0. The van der Waals surface area contributed by atoms with Crippen molar-refractivity contribution in [1.29, 1.82) is 0 Å². The zero-order chi connectivity index (χ0) is 12.0. The first-order valence-corrected chi connectivity index (χ1v) is 9.19. The number of rotatable bonds is 5. The van der Waals surface area contributed by atoms with Gasteiger partial charge >= 0.3 is 118 Å². The van der Waals surface area contributed by atoms with Gasteiger partial charge in [0.1, 0.15) is 0 Å². The number of allylic oxidation sites excluding steroid dienone is 1. The molecular weight excluding hydrogens is 436 g/mol. The molecule has 0 amide bonds. The van der Waals surface area contributed by atoms with E-state index in [1.807, 2.05) is 31.2 Å². The molecule has 4 heteroatoms. The monoisotopic (exact) mass is 450 g/mol. The fourth-order valence-corrected chi connectivity index (χ4v) is 5.19. The molecule has 0 atom stereocenters. The molecule has 0 saturated heterocycles. The molecule has 0 aliphatic rings. The van der Waals surface area contributed by atoms with Gasteiger partial charge in [-0.2, -0.15) is 0 Å². The van der Waals surface area contributed by atoms with Gasteiger partial charge in [0.15, 0.2) is 0 Å². The maximum absolute atomic E-state index is 13.9. The van der Waals surface area contributed by atoms with E-state index >= 15 is 0 Å². The summed E-state index contributed by atoms with van der Waals surface area (Å²) in [5, 5.41) is 0. The number of hydrogen-bond donors (Lipinski definition) is 0. The summed E-state index contributed by atoms with van der Waals surface area (Å²) >= 11 is -0.543. The molecule has 0 radical (unpaired) electrons. The van der Waals surface area contributed by atoms with E-state index < -0.39 is 20.4 Å². The van der Waals surface area contributed by atoms with Crippen LogP contribution in [-0.2, 0) is 0 Å². The van der Waals surface area contributed by atoms with Crippen LogP contribution in [0.3, 0.4) is 0 Å². The Hall–Kier alpha value is 0.280. The fourth-order valence-electron chi connectivity index (χ4n) is 1.11. The van der Waals surface area contributed by atoms with Gasteiger partial charge in [-0.15, -0.1) is 0 Å². The zero-order valence-corrected chi connectivity index (χ0v) is 13.3. The Kier molecular flexibility index (Phi) is 6.79. The Labute approximate surface area is 117 Å². The molecule has 0 saturated carbocycles. The molecule has 1 aromatic rings. The molecule has 0 aliphatic carbocycles. The molecule has 0 fully saturated rings. The summed E-state index contributed by atoms with van der Waals surface area (Å²) in [6, 6.07) is 7.58. The summed E-state index contributed by atoms with van der Waals surface area (Å²) in [6.07, 6.45) is 1.15. The van der Waals surface area contributed by atoms with Gasteiger partial charge in [0.05, 0.1) is 0 Å². The second-order valence-electron chi connectivity index (χ2n) is 3.41. The molecule has 0 N–H and O–H groups in total. The van der Waals surface area contributed by atoms with E-state index in [0.717, 1.165) is 12.7 Å². The van der Waals surface area contributed by atoms with Crippen LogP contribution in [0.25, 0.3) is 0 Å². The molecule has 0 nitrogen and oxygen atoms in total. The third-order valence-electron chi connectivity index (χ3n) is 1.98. The molecular formula is C12H14F2I2. The van der Waals surface area contributed by atoms with E-state index in [4.69, 9.17) is 0 Å². The van der Waals surface area contributed by atoms with Crippen LogP contribution in [0.1, 0.15) is 18.4 Å². The van der Waals surface area contributed by atoms with Crippen LogP contribution in [0.5, 0.6) is 0 Å². The van der Waals surface area contributed by atoms with Crippen LogP contribution in [0.15, 0.2) is 31.9 Å². The summed E-state index contributed by atoms with van der Waals surface area (Å²) in [7, 11) is 0. The molecule has 90 valence electrons. The third kappa shape index (κ3) is 5.07. The van der Waals surface area contributed by atoms with E-state index in [-0.39, 0.29) is 6.67 Å². The van der Waals surface area contributed by atoms with Gasteiger partial charge in [-0.25, -0.2) is 0 Å². The molecule has 0 unspecified atom stereocenters. The van der Waals surface area contributed by atoms with Crippen molar-refractivity contribution in [3.8, 4) is 0 Å². The number of alkyl halides is 1. The SMILES string of the molecule is Cc1ccc(I(F)/C=C(/I)CCCF)cc1. The van der Waals surface area contributed by atoms with Gasteiger partial charge in [-0.3, -0.25) is 0 Å². The van der Waals surface area contributed by atoms with Crippen LogP contribution >= 0.6 is 43.0 Å². The summed E-state index contributed by atoms with van der Waals surface area (Å²) in [5.41, 5.74) is 1.14. The normalized spacial score (nSPS) is 12.8. The molecule has 1 rings (SSSR count). The number of benzene rings is 1. The summed E-state index contributed by atoms with van der Waals surface area (Å²) in [5.74, 6) is 0. The molecule has 0 aliphatic heterocycles. The van der Waals surface area contributed by atoms with Crippen LogP contribution in [0.4, 0.5) is 7.25 Å². The van der Waals surface area contributed by atoms with Crippen molar-refractivity contribution in [2.45, 2.75) is 19.8 Å². The van der Waals surface area contributed by atoms with Gasteiger partial charge in [-0.1, -0.05) is 0 Å². The minimum absolute atomic E-state index is 0.328. The van der Waals surface area contributed by atoms with Crippen molar-refractivity contribution in [3.63, 3.8) is 0 Å². The first-order valence-electron chi connectivity index (χ1n) is 4.97. The van der Waals surface area contributed by atoms with Gasteiger partial charge in [0, 0.05) is 0 Å². The second-order valence-corrected chi connectivity index (χ2v) is 8.16.